The highest BCUT2D eigenvalue weighted by Crippen LogP contribution is 2.35. The minimum Gasteiger partial charge on any atom is -0.370 e. The minimum atomic E-state index is 0.532. The molecule has 1 N–H and O–H groups in total. The van der Waals surface area contributed by atoms with Gasteiger partial charge in [0.15, 0.2) is 0 Å². The van der Waals surface area contributed by atoms with Crippen molar-refractivity contribution in [3.8, 4) is 5.69 Å². The van der Waals surface area contributed by atoms with Crippen molar-refractivity contribution >= 4 is 17.4 Å². The molecule has 0 saturated carbocycles. The van der Waals surface area contributed by atoms with Crippen LogP contribution in [-0.4, -0.2) is 16.3 Å². The highest BCUT2D eigenvalue weighted by atomic mass is 35.5. The highest BCUT2D eigenvalue weighted by molar-refractivity contribution is 6.31. The first-order chi connectivity index (χ1) is 11.2. The van der Waals surface area contributed by atoms with E-state index in [9.17, 15) is 0 Å². The van der Waals surface area contributed by atoms with Gasteiger partial charge in [0.2, 0.25) is 0 Å². The Hall–Kier alpha value is -1.48. The van der Waals surface area contributed by atoms with Crippen molar-refractivity contribution in [3.05, 3.63) is 40.0 Å². The molecule has 124 valence electrons. The lowest BCUT2D eigenvalue weighted by Gasteiger charge is -2.12. The molecule has 0 atom stereocenters. The zero-order valence-electron chi connectivity index (χ0n) is 14.3. The summed E-state index contributed by atoms with van der Waals surface area (Å²) in [5.41, 5.74) is 4.86. The van der Waals surface area contributed by atoms with Gasteiger partial charge in [-0.05, 0) is 56.7 Å². The van der Waals surface area contributed by atoms with Gasteiger partial charge in [-0.15, -0.1) is 0 Å². The van der Waals surface area contributed by atoms with E-state index in [1.807, 2.05) is 12.1 Å². The van der Waals surface area contributed by atoms with Crippen LogP contribution in [0.2, 0.25) is 5.02 Å². The van der Waals surface area contributed by atoms with E-state index in [4.69, 9.17) is 16.7 Å². The zero-order chi connectivity index (χ0) is 16.4. The zero-order valence-corrected chi connectivity index (χ0v) is 15.1. The molecule has 1 aromatic carbocycles. The van der Waals surface area contributed by atoms with Gasteiger partial charge in [0.1, 0.15) is 5.82 Å². The van der Waals surface area contributed by atoms with Gasteiger partial charge in [-0.2, -0.15) is 5.10 Å². The number of benzene rings is 1. The van der Waals surface area contributed by atoms with Gasteiger partial charge in [-0.1, -0.05) is 31.5 Å². The average Bonchev–Trinajstić information content (AvgIpc) is 2.74. The Balaban J connectivity index is 2.19. The normalized spacial score (nSPS) is 14.5. The van der Waals surface area contributed by atoms with Crippen LogP contribution in [-0.2, 0) is 6.42 Å². The van der Waals surface area contributed by atoms with Crippen LogP contribution in [0.1, 0.15) is 62.3 Å². The number of hydrogen-bond donors (Lipinski definition) is 1. The van der Waals surface area contributed by atoms with Gasteiger partial charge in [0.25, 0.3) is 0 Å². The molecule has 1 aromatic heterocycles. The third-order valence-corrected chi connectivity index (χ3v) is 5.41. The van der Waals surface area contributed by atoms with E-state index in [0.29, 0.717) is 5.92 Å². The second kappa shape index (κ2) is 6.96. The topological polar surface area (TPSA) is 29.9 Å². The fourth-order valence-corrected chi connectivity index (χ4v) is 3.70. The summed E-state index contributed by atoms with van der Waals surface area (Å²) in [5.74, 6) is 1.71. The lowest BCUT2D eigenvalue weighted by atomic mass is 9.94. The molecule has 3 nitrogen and oxygen atoms in total. The van der Waals surface area contributed by atoms with E-state index in [1.165, 1.54) is 29.9 Å². The van der Waals surface area contributed by atoms with E-state index in [2.05, 4.69) is 36.8 Å². The second-order valence-corrected chi connectivity index (χ2v) is 6.81. The van der Waals surface area contributed by atoms with Crippen LogP contribution < -0.4 is 5.32 Å². The van der Waals surface area contributed by atoms with Gasteiger partial charge in [0.05, 0.1) is 11.4 Å². The molecule has 0 saturated heterocycles. The molecule has 0 amide bonds. The van der Waals surface area contributed by atoms with Gasteiger partial charge in [-0.3, -0.25) is 0 Å². The number of anilines is 1. The van der Waals surface area contributed by atoms with Crippen LogP contribution in [0.5, 0.6) is 0 Å². The maximum absolute atomic E-state index is 6.34. The van der Waals surface area contributed by atoms with Crippen molar-refractivity contribution in [2.24, 2.45) is 0 Å². The van der Waals surface area contributed by atoms with Gasteiger partial charge in [0, 0.05) is 23.0 Å². The predicted octanol–water partition coefficient (Wildman–Crippen LogP) is 5.49. The molecule has 2 aromatic rings. The summed E-state index contributed by atoms with van der Waals surface area (Å²) in [4.78, 5) is 0. The first-order valence-electron chi connectivity index (χ1n) is 8.78. The number of nitrogens with one attached hydrogen (secondary N) is 1. The Labute approximate surface area is 144 Å². The molecule has 0 aliphatic carbocycles. The van der Waals surface area contributed by atoms with Crippen molar-refractivity contribution in [3.63, 3.8) is 0 Å². The molecule has 2 heterocycles. The Kier molecular flexibility index (Phi) is 4.96. The molecule has 1 aliphatic rings. The Morgan fingerprint density at radius 1 is 1.26 bits per heavy atom. The van der Waals surface area contributed by atoms with Gasteiger partial charge >= 0.3 is 0 Å². The van der Waals surface area contributed by atoms with Crippen molar-refractivity contribution in [1.29, 1.82) is 0 Å². The minimum absolute atomic E-state index is 0.532. The molecule has 3 rings (SSSR count). The van der Waals surface area contributed by atoms with Crippen LogP contribution in [0, 0.1) is 6.92 Å². The maximum Gasteiger partial charge on any atom is 0.133 e. The maximum atomic E-state index is 6.34. The summed E-state index contributed by atoms with van der Waals surface area (Å²) in [7, 11) is 0. The monoisotopic (exact) mass is 331 g/mol. The van der Waals surface area contributed by atoms with Crippen molar-refractivity contribution in [2.45, 2.75) is 58.8 Å². The summed E-state index contributed by atoms with van der Waals surface area (Å²) in [6.45, 7) is 7.60. The molecule has 4 heteroatoms. The highest BCUT2D eigenvalue weighted by Gasteiger charge is 2.25. The van der Waals surface area contributed by atoms with E-state index in [0.717, 1.165) is 42.1 Å². The summed E-state index contributed by atoms with van der Waals surface area (Å²) < 4.78 is 2.09. The fraction of sp³-hybridized carbons (Fsp3) is 0.526. The Morgan fingerprint density at radius 2 is 2.04 bits per heavy atom. The SMILES string of the molecule is CCC(CC)c1nn(-c2cccc(Cl)c2C)c2c1CCCCN2. The summed E-state index contributed by atoms with van der Waals surface area (Å²) in [6, 6.07) is 6.06. The van der Waals surface area contributed by atoms with E-state index >= 15 is 0 Å². The number of hydrogen-bond acceptors (Lipinski definition) is 2. The van der Waals surface area contributed by atoms with E-state index < -0.39 is 0 Å². The first kappa shape index (κ1) is 16.4. The van der Waals surface area contributed by atoms with Crippen LogP contribution in [0.15, 0.2) is 18.2 Å². The molecule has 1 aliphatic heterocycles. The number of nitrogens with zero attached hydrogens (tertiary/aromatic N) is 2. The third kappa shape index (κ3) is 2.99. The molecule has 23 heavy (non-hydrogen) atoms. The molecule has 0 bridgehead atoms. The number of fused-ring (bicyclic) bond motifs is 1. The lowest BCUT2D eigenvalue weighted by Crippen LogP contribution is -2.08. The summed E-state index contributed by atoms with van der Waals surface area (Å²) >= 11 is 6.34. The third-order valence-electron chi connectivity index (χ3n) is 5.00. The molecule has 0 spiro atoms. The van der Waals surface area contributed by atoms with Crippen molar-refractivity contribution in [2.75, 3.05) is 11.9 Å². The summed E-state index contributed by atoms with van der Waals surface area (Å²) in [5, 5.41) is 9.46. The second-order valence-electron chi connectivity index (χ2n) is 6.41. The lowest BCUT2D eigenvalue weighted by molar-refractivity contribution is 0.605. The first-order valence-corrected chi connectivity index (χ1v) is 9.16. The van der Waals surface area contributed by atoms with Crippen molar-refractivity contribution in [1.82, 2.24) is 9.78 Å². The largest absolute Gasteiger partial charge is 0.370 e. The van der Waals surface area contributed by atoms with Crippen molar-refractivity contribution < 1.29 is 0 Å². The quantitative estimate of drug-likeness (QED) is 0.803. The van der Waals surface area contributed by atoms with E-state index in [1.54, 1.807) is 0 Å². The number of aromatic nitrogens is 2. The molecular formula is C19H26ClN3. The number of halogens is 1. The molecule has 0 unspecified atom stereocenters. The Bertz CT molecular complexity index is 686. The predicted molar refractivity (Wildman–Crippen MR) is 98.1 cm³/mol. The Morgan fingerprint density at radius 3 is 2.78 bits per heavy atom. The number of rotatable bonds is 4. The van der Waals surface area contributed by atoms with Crippen LogP contribution in [0.3, 0.4) is 0 Å². The van der Waals surface area contributed by atoms with Crippen LogP contribution in [0.4, 0.5) is 5.82 Å². The van der Waals surface area contributed by atoms with Crippen LogP contribution >= 0.6 is 11.6 Å². The fourth-order valence-electron chi connectivity index (χ4n) is 3.53. The summed E-state index contributed by atoms with van der Waals surface area (Å²) in [6.07, 6.45) is 5.83. The molecule has 0 radical (unpaired) electrons. The average molecular weight is 332 g/mol. The van der Waals surface area contributed by atoms with Gasteiger partial charge in [-0.25, -0.2) is 4.68 Å². The molecule has 0 fully saturated rings. The standard InChI is InChI=1S/C19H26ClN3/c1-4-14(5-2)18-15-9-6-7-12-21-19(15)23(22-18)17-11-8-10-16(20)13(17)3/h8,10-11,14,21H,4-7,9,12H2,1-3H3. The van der Waals surface area contributed by atoms with Gasteiger partial charge < -0.3 is 5.32 Å². The van der Waals surface area contributed by atoms with E-state index in [-0.39, 0.29) is 0 Å². The van der Waals surface area contributed by atoms with Crippen LogP contribution in [0.25, 0.3) is 5.69 Å². The molecular weight excluding hydrogens is 306 g/mol. The smallest absolute Gasteiger partial charge is 0.133 e.